The van der Waals surface area contributed by atoms with Gasteiger partial charge in [-0.3, -0.25) is 0 Å². The monoisotopic (exact) mass is 472 g/mol. The van der Waals surface area contributed by atoms with Crippen LogP contribution in [-0.4, -0.2) is 145 Å². The van der Waals surface area contributed by atoms with Crippen LogP contribution in [0.2, 0.25) is 0 Å². The lowest BCUT2D eigenvalue weighted by atomic mass is 9.98. The minimum atomic E-state index is -2.00. The zero-order chi connectivity index (χ0) is 24.3. The van der Waals surface area contributed by atoms with Crippen LogP contribution in [0.4, 0.5) is 0 Å². The van der Waals surface area contributed by atoms with Crippen LogP contribution in [0.5, 0.6) is 0 Å². The van der Waals surface area contributed by atoms with E-state index in [4.69, 9.17) is 18.9 Å². The summed E-state index contributed by atoms with van der Waals surface area (Å²) in [7, 11) is 0. The molecule has 14 atom stereocenters. The van der Waals surface area contributed by atoms with Gasteiger partial charge in [-0.2, -0.15) is 0 Å². The number of aliphatic hydroxyl groups is 9. The lowest BCUT2D eigenvalue weighted by molar-refractivity contribution is -0.339. The lowest BCUT2D eigenvalue weighted by Crippen LogP contribution is -2.62. The van der Waals surface area contributed by atoms with Gasteiger partial charge in [-0.15, -0.1) is 0 Å². The molecule has 2 rings (SSSR count). The molecule has 0 aromatic carbocycles. The molecule has 32 heavy (non-hydrogen) atoms. The maximum atomic E-state index is 11.8. The van der Waals surface area contributed by atoms with E-state index in [0.717, 1.165) is 0 Å². The highest BCUT2D eigenvalue weighted by Gasteiger charge is 2.48. The SMILES string of the molecule is C[C@@H]1O[C@@H](O[C@@H]([C@H](O)[C@H](O)CO)[C@H](C=O)O[C@@H]2O[C@@H](C)[C@H](O)[C@@H](O)[C@H]2O)[C@H](O)[C@H](O)[C@H]1O. The normalized spacial score (nSPS) is 44.5. The molecule has 0 spiro atoms. The quantitative estimate of drug-likeness (QED) is 0.142. The summed E-state index contributed by atoms with van der Waals surface area (Å²) >= 11 is 0. The zero-order valence-corrected chi connectivity index (χ0v) is 17.4. The van der Waals surface area contributed by atoms with E-state index in [-0.39, 0.29) is 6.29 Å². The number of hydrogen-bond donors (Lipinski definition) is 9. The topological polar surface area (TPSA) is 236 Å². The van der Waals surface area contributed by atoms with E-state index in [9.17, 15) is 50.8 Å². The second-order valence-electron chi connectivity index (χ2n) is 7.94. The molecule has 0 aromatic rings. The van der Waals surface area contributed by atoms with Gasteiger partial charge in [0.1, 0.15) is 61.0 Å². The molecule has 14 nitrogen and oxygen atoms in total. The Bertz CT molecular complexity index is 594. The summed E-state index contributed by atoms with van der Waals surface area (Å²) in [6, 6.07) is 0. The van der Waals surface area contributed by atoms with E-state index < -0.39 is 92.4 Å². The Balaban J connectivity index is 2.25. The molecule has 188 valence electrons. The largest absolute Gasteiger partial charge is 0.394 e. The number of rotatable bonds is 9. The van der Waals surface area contributed by atoms with Gasteiger partial charge < -0.3 is 69.7 Å². The van der Waals surface area contributed by atoms with Crippen molar-refractivity contribution in [3.63, 3.8) is 0 Å². The summed E-state index contributed by atoms with van der Waals surface area (Å²) in [6.45, 7) is 1.77. The predicted molar refractivity (Wildman–Crippen MR) is 99.6 cm³/mol. The second-order valence-corrected chi connectivity index (χ2v) is 7.94. The Morgan fingerprint density at radius 1 is 0.781 bits per heavy atom. The minimum Gasteiger partial charge on any atom is -0.394 e. The van der Waals surface area contributed by atoms with Crippen LogP contribution in [0, 0.1) is 0 Å². The molecule has 0 unspecified atom stereocenters. The van der Waals surface area contributed by atoms with Crippen molar-refractivity contribution in [2.24, 2.45) is 0 Å². The maximum Gasteiger partial charge on any atom is 0.187 e. The fourth-order valence-electron chi connectivity index (χ4n) is 3.43. The van der Waals surface area contributed by atoms with Crippen molar-refractivity contribution >= 4 is 6.29 Å². The third-order valence-electron chi connectivity index (χ3n) is 5.58. The summed E-state index contributed by atoms with van der Waals surface area (Å²) in [5.41, 5.74) is 0. The summed E-state index contributed by atoms with van der Waals surface area (Å²) in [6.07, 6.45) is -22.8. The molecule has 2 aliphatic rings. The van der Waals surface area contributed by atoms with Crippen LogP contribution >= 0.6 is 0 Å². The first-order chi connectivity index (χ1) is 14.9. The van der Waals surface area contributed by atoms with Gasteiger partial charge in [0.2, 0.25) is 0 Å². The van der Waals surface area contributed by atoms with Crippen molar-refractivity contribution in [1.29, 1.82) is 0 Å². The fourth-order valence-corrected chi connectivity index (χ4v) is 3.43. The van der Waals surface area contributed by atoms with Gasteiger partial charge in [0.15, 0.2) is 18.9 Å². The fraction of sp³-hybridized carbons (Fsp3) is 0.944. The van der Waals surface area contributed by atoms with Crippen LogP contribution in [0.25, 0.3) is 0 Å². The molecule has 2 fully saturated rings. The molecule has 14 heteroatoms. The van der Waals surface area contributed by atoms with Gasteiger partial charge in [-0.25, -0.2) is 0 Å². The van der Waals surface area contributed by atoms with Crippen molar-refractivity contribution in [1.82, 2.24) is 0 Å². The van der Waals surface area contributed by atoms with E-state index in [2.05, 4.69) is 0 Å². The van der Waals surface area contributed by atoms with Gasteiger partial charge in [-0.1, -0.05) is 0 Å². The minimum absolute atomic E-state index is 0.111. The van der Waals surface area contributed by atoms with Crippen molar-refractivity contribution in [2.75, 3.05) is 6.61 Å². The van der Waals surface area contributed by atoms with Gasteiger partial charge in [-0.05, 0) is 13.8 Å². The molecule has 0 radical (unpaired) electrons. The first-order valence-electron chi connectivity index (χ1n) is 10.1. The highest BCUT2D eigenvalue weighted by atomic mass is 16.7. The third kappa shape index (κ3) is 5.79. The van der Waals surface area contributed by atoms with Gasteiger partial charge >= 0.3 is 0 Å². The molecule has 9 N–H and O–H groups in total. The number of carbonyl (C=O) groups excluding carboxylic acids is 1. The molecular weight excluding hydrogens is 440 g/mol. The average molecular weight is 472 g/mol. The van der Waals surface area contributed by atoms with Crippen LogP contribution in [-0.2, 0) is 23.7 Å². The van der Waals surface area contributed by atoms with Crippen LogP contribution in [0.1, 0.15) is 13.8 Å². The Morgan fingerprint density at radius 3 is 1.62 bits per heavy atom. The van der Waals surface area contributed by atoms with E-state index in [1.807, 2.05) is 0 Å². The first kappa shape index (κ1) is 27.4. The Kier molecular flexibility index (Phi) is 9.87. The van der Waals surface area contributed by atoms with Crippen LogP contribution in [0.15, 0.2) is 0 Å². The van der Waals surface area contributed by atoms with Crippen LogP contribution < -0.4 is 0 Å². The lowest BCUT2D eigenvalue weighted by Gasteiger charge is -2.43. The van der Waals surface area contributed by atoms with Crippen molar-refractivity contribution in [2.45, 2.75) is 99.7 Å². The number of hydrogen-bond acceptors (Lipinski definition) is 14. The van der Waals surface area contributed by atoms with E-state index in [1.165, 1.54) is 13.8 Å². The Labute approximate surface area is 183 Å². The molecule has 2 saturated heterocycles. The first-order valence-corrected chi connectivity index (χ1v) is 10.1. The maximum absolute atomic E-state index is 11.8. The van der Waals surface area contributed by atoms with Gasteiger partial charge in [0.25, 0.3) is 0 Å². The van der Waals surface area contributed by atoms with Crippen molar-refractivity contribution in [3.05, 3.63) is 0 Å². The molecule has 0 bridgehead atoms. The van der Waals surface area contributed by atoms with Crippen LogP contribution in [0.3, 0.4) is 0 Å². The number of carbonyl (C=O) groups is 1. The van der Waals surface area contributed by atoms with E-state index in [1.54, 1.807) is 0 Å². The molecule has 0 aromatic heterocycles. The molecule has 0 aliphatic carbocycles. The zero-order valence-electron chi connectivity index (χ0n) is 17.4. The van der Waals surface area contributed by atoms with Gasteiger partial charge in [0, 0.05) is 0 Å². The summed E-state index contributed by atoms with van der Waals surface area (Å²) in [5, 5.41) is 89.1. The average Bonchev–Trinajstić information content (AvgIpc) is 2.78. The molecule has 0 saturated carbocycles. The second kappa shape index (κ2) is 11.5. The standard InChI is InChI=1S/C18H32O14/c1-5-9(22)12(25)14(27)17(29-5)31-8(4-20)16(11(24)7(21)3-19)32-18-15(28)13(26)10(23)6(2)30-18/h4-19,21-28H,3H2,1-2H3/t5-,6-,7+,8-,9-,10-,11+,12+,13+,14+,15+,16+,17-,18-/m0/s1. The van der Waals surface area contributed by atoms with Crippen molar-refractivity contribution < 1.29 is 69.7 Å². The smallest absolute Gasteiger partial charge is 0.187 e. The Hall–Kier alpha value is -0.850. The summed E-state index contributed by atoms with van der Waals surface area (Å²) in [5.74, 6) is 0. The van der Waals surface area contributed by atoms with E-state index >= 15 is 0 Å². The third-order valence-corrected chi connectivity index (χ3v) is 5.58. The number of ether oxygens (including phenoxy) is 4. The highest BCUT2D eigenvalue weighted by Crippen LogP contribution is 2.27. The van der Waals surface area contributed by atoms with Gasteiger partial charge in [0.05, 0.1) is 18.8 Å². The number of aliphatic hydroxyl groups excluding tert-OH is 9. The molecule has 2 aliphatic heterocycles. The predicted octanol–water partition coefficient (Wildman–Crippen LogP) is -5.68. The highest BCUT2D eigenvalue weighted by molar-refractivity contribution is 5.57. The summed E-state index contributed by atoms with van der Waals surface area (Å²) in [4.78, 5) is 11.8. The van der Waals surface area contributed by atoms with Crippen molar-refractivity contribution in [3.8, 4) is 0 Å². The number of aldehydes is 1. The summed E-state index contributed by atoms with van der Waals surface area (Å²) < 4.78 is 21.3. The van der Waals surface area contributed by atoms with E-state index in [0.29, 0.717) is 0 Å². The molecule has 0 amide bonds. The molecule has 2 heterocycles. The Morgan fingerprint density at radius 2 is 1.22 bits per heavy atom. The molecular formula is C18H32O14.